The average Bonchev–Trinajstić information content (AvgIpc) is 2.38. The van der Waals surface area contributed by atoms with Crippen LogP contribution >= 0.6 is 11.8 Å². The SMILES string of the molecule is CSCCCCNS(=O)(=O)c1ccccc1CO. The lowest BCUT2D eigenvalue weighted by Gasteiger charge is -2.09. The molecule has 0 amide bonds. The van der Waals surface area contributed by atoms with E-state index < -0.39 is 10.0 Å². The lowest BCUT2D eigenvalue weighted by Crippen LogP contribution is -2.25. The fourth-order valence-electron chi connectivity index (χ4n) is 1.55. The number of benzene rings is 1. The van der Waals surface area contributed by atoms with Crippen LogP contribution in [-0.2, 0) is 16.6 Å². The Kier molecular flexibility index (Phi) is 6.70. The molecule has 0 aromatic heterocycles. The summed E-state index contributed by atoms with van der Waals surface area (Å²) < 4.78 is 26.6. The maximum absolute atomic E-state index is 12.0. The van der Waals surface area contributed by atoms with Gasteiger partial charge in [-0.05, 0) is 36.5 Å². The first-order valence-corrected chi connectivity index (χ1v) is 8.67. The smallest absolute Gasteiger partial charge is 0.240 e. The third-order valence-electron chi connectivity index (χ3n) is 2.50. The van der Waals surface area contributed by atoms with Crippen molar-refractivity contribution in [2.75, 3.05) is 18.6 Å². The van der Waals surface area contributed by atoms with Crippen LogP contribution in [0.5, 0.6) is 0 Å². The van der Waals surface area contributed by atoms with Crippen molar-refractivity contribution in [2.45, 2.75) is 24.3 Å². The summed E-state index contributed by atoms with van der Waals surface area (Å²) in [5.41, 5.74) is 0.425. The lowest BCUT2D eigenvalue weighted by molar-refractivity contribution is 0.278. The van der Waals surface area contributed by atoms with Gasteiger partial charge in [0.1, 0.15) is 0 Å². The van der Waals surface area contributed by atoms with E-state index in [1.54, 1.807) is 30.0 Å². The summed E-state index contributed by atoms with van der Waals surface area (Å²) in [6, 6.07) is 6.49. The molecule has 0 aliphatic carbocycles. The third-order valence-corrected chi connectivity index (χ3v) is 4.76. The fraction of sp³-hybridized carbons (Fsp3) is 0.500. The predicted octanol–water partition coefficient (Wildman–Crippen LogP) is 1.60. The average molecular weight is 289 g/mol. The van der Waals surface area contributed by atoms with Crippen molar-refractivity contribution >= 4 is 21.8 Å². The van der Waals surface area contributed by atoms with Gasteiger partial charge in [-0.2, -0.15) is 11.8 Å². The van der Waals surface area contributed by atoms with Crippen LogP contribution in [0.3, 0.4) is 0 Å². The zero-order chi connectivity index (χ0) is 13.4. The van der Waals surface area contributed by atoms with Gasteiger partial charge in [-0.25, -0.2) is 13.1 Å². The molecular weight excluding hydrogens is 270 g/mol. The molecule has 0 unspecified atom stereocenters. The highest BCUT2D eigenvalue weighted by Gasteiger charge is 2.16. The van der Waals surface area contributed by atoms with E-state index in [0.717, 1.165) is 18.6 Å². The number of unbranched alkanes of at least 4 members (excludes halogenated alkanes) is 1. The first-order valence-electron chi connectivity index (χ1n) is 5.79. The van der Waals surface area contributed by atoms with Crippen molar-refractivity contribution in [3.63, 3.8) is 0 Å². The highest BCUT2D eigenvalue weighted by atomic mass is 32.2. The first kappa shape index (κ1) is 15.5. The number of sulfonamides is 1. The summed E-state index contributed by atoms with van der Waals surface area (Å²) in [4.78, 5) is 0.164. The van der Waals surface area contributed by atoms with Crippen molar-refractivity contribution in [3.05, 3.63) is 29.8 Å². The minimum absolute atomic E-state index is 0.164. The van der Waals surface area contributed by atoms with E-state index in [1.807, 2.05) is 6.26 Å². The van der Waals surface area contributed by atoms with E-state index >= 15 is 0 Å². The van der Waals surface area contributed by atoms with E-state index in [0.29, 0.717) is 12.1 Å². The molecule has 0 bridgehead atoms. The van der Waals surface area contributed by atoms with E-state index in [4.69, 9.17) is 5.11 Å². The second-order valence-electron chi connectivity index (χ2n) is 3.86. The summed E-state index contributed by atoms with van der Waals surface area (Å²) in [6.07, 6.45) is 3.84. The number of hydrogen-bond acceptors (Lipinski definition) is 4. The van der Waals surface area contributed by atoms with Crippen molar-refractivity contribution in [2.24, 2.45) is 0 Å². The Bertz CT molecular complexity index is 460. The van der Waals surface area contributed by atoms with Crippen LogP contribution < -0.4 is 4.72 Å². The third kappa shape index (κ3) is 4.61. The van der Waals surface area contributed by atoms with E-state index in [9.17, 15) is 8.42 Å². The summed E-state index contributed by atoms with van der Waals surface area (Å²) >= 11 is 1.75. The number of aliphatic hydroxyl groups is 1. The molecule has 2 N–H and O–H groups in total. The van der Waals surface area contributed by atoms with Crippen LogP contribution in [-0.4, -0.2) is 32.1 Å². The summed E-state index contributed by atoms with van der Waals surface area (Å²) in [6.45, 7) is 0.159. The molecule has 0 aliphatic rings. The van der Waals surface area contributed by atoms with Crippen LogP contribution in [0, 0.1) is 0 Å². The van der Waals surface area contributed by atoms with E-state index in [1.165, 1.54) is 6.07 Å². The minimum Gasteiger partial charge on any atom is -0.392 e. The fourth-order valence-corrected chi connectivity index (χ4v) is 3.35. The highest BCUT2D eigenvalue weighted by molar-refractivity contribution is 7.98. The van der Waals surface area contributed by atoms with Gasteiger partial charge in [0.25, 0.3) is 0 Å². The molecule has 0 heterocycles. The van der Waals surface area contributed by atoms with Crippen LogP contribution in [0.1, 0.15) is 18.4 Å². The predicted molar refractivity (Wildman–Crippen MR) is 75.2 cm³/mol. The summed E-state index contributed by atoms with van der Waals surface area (Å²) in [7, 11) is -3.51. The molecule has 0 saturated heterocycles. The Balaban J connectivity index is 2.63. The molecule has 6 heteroatoms. The van der Waals surface area contributed by atoms with Gasteiger partial charge in [0.2, 0.25) is 10.0 Å². The number of nitrogens with one attached hydrogen (secondary N) is 1. The van der Waals surface area contributed by atoms with Gasteiger partial charge in [-0.1, -0.05) is 18.2 Å². The van der Waals surface area contributed by atoms with Gasteiger partial charge in [-0.15, -0.1) is 0 Å². The molecule has 4 nitrogen and oxygen atoms in total. The normalized spacial score (nSPS) is 11.7. The Morgan fingerprint density at radius 2 is 2.00 bits per heavy atom. The number of hydrogen-bond donors (Lipinski definition) is 2. The zero-order valence-electron chi connectivity index (χ0n) is 10.4. The van der Waals surface area contributed by atoms with Gasteiger partial charge >= 0.3 is 0 Å². The molecule has 0 radical (unpaired) electrons. The number of rotatable bonds is 8. The van der Waals surface area contributed by atoms with E-state index in [2.05, 4.69) is 4.72 Å². The molecule has 0 atom stereocenters. The first-order chi connectivity index (χ1) is 8.61. The molecule has 0 fully saturated rings. The quantitative estimate of drug-likeness (QED) is 0.713. The maximum Gasteiger partial charge on any atom is 0.240 e. The van der Waals surface area contributed by atoms with Crippen LogP contribution in [0.4, 0.5) is 0 Å². The standard InChI is InChI=1S/C12H19NO3S2/c1-17-9-5-4-8-13-18(15,16)12-7-3-2-6-11(12)10-14/h2-3,6-7,13-14H,4-5,8-10H2,1H3. The minimum atomic E-state index is -3.51. The van der Waals surface area contributed by atoms with Crippen molar-refractivity contribution < 1.29 is 13.5 Å². The second-order valence-corrected chi connectivity index (χ2v) is 6.58. The largest absolute Gasteiger partial charge is 0.392 e. The molecule has 0 saturated carbocycles. The summed E-state index contributed by atoms with van der Waals surface area (Å²) in [5.74, 6) is 1.04. The van der Waals surface area contributed by atoms with Crippen molar-refractivity contribution in [3.8, 4) is 0 Å². The topological polar surface area (TPSA) is 66.4 Å². The Morgan fingerprint density at radius 1 is 1.28 bits per heavy atom. The van der Waals surface area contributed by atoms with Gasteiger partial charge in [0.15, 0.2) is 0 Å². The molecule has 1 aromatic carbocycles. The van der Waals surface area contributed by atoms with Gasteiger partial charge < -0.3 is 5.11 Å². The molecule has 0 spiro atoms. The molecule has 18 heavy (non-hydrogen) atoms. The molecule has 102 valence electrons. The maximum atomic E-state index is 12.0. The van der Waals surface area contributed by atoms with Crippen molar-refractivity contribution in [1.82, 2.24) is 4.72 Å². The van der Waals surface area contributed by atoms with Gasteiger partial charge in [-0.3, -0.25) is 0 Å². The summed E-state index contributed by atoms with van der Waals surface area (Å²) in [5, 5.41) is 9.13. The van der Waals surface area contributed by atoms with Crippen LogP contribution in [0.15, 0.2) is 29.2 Å². The Labute approximate surface area is 113 Å². The zero-order valence-corrected chi connectivity index (χ0v) is 12.1. The van der Waals surface area contributed by atoms with Gasteiger partial charge in [0, 0.05) is 6.54 Å². The Hall–Kier alpha value is -0.560. The monoisotopic (exact) mass is 289 g/mol. The van der Waals surface area contributed by atoms with Crippen molar-refractivity contribution in [1.29, 1.82) is 0 Å². The number of aliphatic hydroxyl groups excluding tert-OH is 1. The van der Waals surface area contributed by atoms with Crippen LogP contribution in [0.25, 0.3) is 0 Å². The van der Waals surface area contributed by atoms with E-state index in [-0.39, 0.29) is 11.5 Å². The van der Waals surface area contributed by atoms with Crippen LogP contribution in [0.2, 0.25) is 0 Å². The van der Waals surface area contributed by atoms with Gasteiger partial charge in [0.05, 0.1) is 11.5 Å². The highest BCUT2D eigenvalue weighted by Crippen LogP contribution is 2.15. The Morgan fingerprint density at radius 3 is 2.67 bits per heavy atom. The molecular formula is C12H19NO3S2. The number of thioether (sulfide) groups is 1. The molecule has 0 aliphatic heterocycles. The lowest BCUT2D eigenvalue weighted by atomic mass is 10.2. The molecule has 1 aromatic rings. The second kappa shape index (κ2) is 7.78. The molecule has 1 rings (SSSR count).